The molecule has 0 radical (unpaired) electrons. The third-order valence-electron chi connectivity index (χ3n) is 5.08. The van der Waals surface area contributed by atoms with Gasteiger partial charge in [0, 0.05) is 38.3 Å². The number of amides is 1. The summed E-state index contributed by atoms with van der Waals surface area (Å²) >= 11 is 0. The lowest BCUT2D eigenvalue weighted by Crippen LogP contribution is -2.48. The van der Waals surface area contributed by atoms with E-state index < -0.39 is 0 Å². The van der Waals surface area contributed by atoms with Crippen LogP contribution in [0.5, 0.6) is 11.5 Å². The number of aromatic hydroxyl groups is 2. The summed E-state index contributed by atoms with van der Waals surface area (Å²) in [4.78, 5) is 16.6. The Labute approximate surface area is 176 Å². The number of hydrogen-bond acceptors (Lipinski definition) is 6. The van der Waals surface area contributed by atoms with E-state index in [0.29, 0.717) is 12.0 Å². The van der Waals surface area contributed by atoms with Crippen LogP contribution in [0.15, 0.2) is 60.2 Å². The molecule has 1 aliphatic heterocycles. The van der Waals surface area contributed by atoms with E-state index in [0.717, 1.165) is 43.9 Å². The molecular weight excluding hydrogens is 380 g/mol. The first-order chi connectivity index (χ1) is 14.5. The first kappa shape index (κ1) is 21.5. The zero-order valence-corrected chi connectivity index (χ0v) is 17.0. The first-order valence-electron chi connectivity index (χ1n) is 10.0. The van der Waals surface area contributed by atoms with Gasteiger partial charge in [-0.25, -0.2) is 5.43 Å². The Morgan fingerprint density at radius 2 is 1.77 bits per heavy atom. The summed E-state index contributed by atoms with van der Waals surface area (Å²) in [6.07, 6.45) is 3.75. The molecule has 7 heteroatoms. The van der Waals surface area contributed by atoms with E-state index in [9.17, 15) is 15.0 Å². The minimum atomic E-state index is -0.181. The maximum atomic E-state index is 12.2. The SMILES string of the molecule is C=CCc1cccc(/C=N/NC(=O)CN2CCN(Cc3ccc(O)cc3)CC2)c1O. The number of carbonyl (C=O) groups is 1. The molecule has 0 aromatic heterocycles. The van der Waals surface area contributed by atoms with E-state index in [1.807, 2.05) is 24.3 Å². The Balaban J connectivity index is 1.42. The van der Waals surface area contributed by atoms with E-state index >= 15 is 0 Å². The van der Waals surface area contributed by atoms with Gasteiger partial charge in [-0.15, -0.1) is 6.58 Å². The molecule has 158 valence electrons. The molecule has 0 saturated carbocycles. The summed E-state index contributed by atoms with van der Waals surface area (Å²) < 4.78 is 0. The van der Waals surface area contributed by atoms with Crippen LogP contribution < -0.4 is 5.43 Å². The van der Waals surface area contributed by atoms with Crippen molar-refractivity contribution < 1.29 is 15.0 Å². The van der Waals surface area contributed by atoms with Crippen LogP contribution in [-0.4, -0.2) is 64.9 Å². The fourth-order valence-electron chi connectivity index (χ4n) is 3.41. The topological polar surface area (TPSA) is 88.4 Å². The van der Waals surface area contributed by atoms with Gasteiger partial charge in [-0.3, -0.25) is 14.6 Å². The quantitative estimate of drug-likeness (QED) is 0.354. The molecule has 0 aliphatic carbocycles. The minimum absolute atomic E-state index is 0.153. The van der Waals surface area contributed by atoms with Crippen LogP contribution in [0.1, 0.15) is 16.7 Å². The predicted octanol–water partition coefficient (Wildman–Crippen LogP) is 2.09. The van der Waals surface area contributed by atoms with E-state index in [1.54, 1.807) is 24.3 Å². The number of carbonyl (C=O) groups excluding carboxylic acids is 1. The highest BCUT2D eigenvalue weighted by Gasteiger charge is 2.19. The van der Waals surface area contributed by atoms with Crippen LogP contribution in [0.25, 0.3) is 0 Å². The molecule has 1 amide bonds. The van der Waals surface area contributed by atoms with Crippen molar-refractivity contribution in [2.45, 2.75) is 13.0 Å². The molecule has 1 heterocycles. The van der Waals surface area contributed by atoms with Gasteiger partial charge in [-0.2, -0.15) is 5.10 Å². The van der Waals surface area contributed by atoms with Crippen molar-refractivity contribution in [1.82, 2.24) is 15.2 Å². The van der Waals surface area contributed by atoms with E-state index in [-0.39, 0.29) is 24.0 Å². The molecule has 0 bridgehead atoms. The van der Waals surface area contributed by atoms with Crippen molar-refractivity contribution in [3.63, 3.8) is 0 Å². The van der Waals surface area contributed by atoms with Gasteiger partial charge in [0.15, 0.2) is 0 Å². The highest BCUT2D eigenvalue weighted by Crippen LogP contribution is 2.21. The van der Waals surface area contributed by atoms with Crippen molar-refractivity contribution in [2.24, 2.45) is 5.10 Å². The van der Waals surface area contributed by atoms with E-state index in [2.05, 4.69) is 26.9 Å². The van der Waals surface area contributed by atoms with Crippen molar-refractivity contribution >= 4 is 12.1 Å². The molecule has 1 aliphatic rings. The number of hydrogen-bond donors (Lipinski definition) is 3. The smallest absolute Gasteiger partial charge is 0.254 e. The Hall–Kier alpha value is -3.16. The number of phenolic OH excluding ortho intramolecular Hbond substituents is 2. The second kappa shape index (κ2) is 10.6. The molecule has 3 N–H and O–H groups in total. The van der Waals surface area contributed by atoms with Crippen molar-refractivity contribution in [3.8, 4) is 11.5 Å². The molecule has 1 fully saturated rings. The summed E-state index contributed by atoms with van der Waals surface area (Å²) in [5, 5.41) is 23.6. The average Bonchev–Trinajstić information content (AvgIpc) is 2.74. The second-order valence-electron chi connectivity index (χ2n) is 7.36. The number of para-hydroxylation sites is 1. The lowest BCUT2D eigenvalue weighted by molar-refractivity contribution is -0.122. The standard InChI is InChI=1S/C23H28N4O3/c1-2-4-19-5-3-6-20(23(19)30)15-24-25-22(29)17-27-13-11-26(12-14-27)16-18-7-9-21(28)10-8-18/h2-3,5-10,15,28,30H,1,4,11-14,16-17H2,(H,25,29)/b24-15+. The normalized spacial score (nSPS) is 15.3. The summed E-state index contributed by atoms with van der Waals surface area (Å²) in [5.74, 6) is 0.247. The molecular formula is C23H28N4O3. The summed E-state index contributed by atoms with van der Waals surface area (Å²) in [5.41, 5.74) is 5.02. The first-order valence-corrected chi connectivity index (χ1v) is 10.0. The molecule has 2 aromatic rings. The Bertz CT molecular complexity index is 888. The lowest BCUT2D eigenvalue weighted by Gasteiger charge is -2.34. The average molecular weight is 409 g/mol. The molecule has 0 spiro atoms. The van der Waals surface area contributed by atoms with Gasteiger partial charge in [0.2, 0.25) is 0 Å². The second-order valence-corrected chi connectivity index (χ2v) is 7.36. The highest BCUT2D eigenvalue weighted by molar-refractivity contribution is 5.86. The molecule has 0 unspecified atom stereocenters. The van der Waals surface area contributed by atoms with Gasteiger partial charge < -0.3 is 10.2 Å². The summed E-state index contributed by atoms with van der Waals surface area (Å²) in [7, 11) is 0. The van der Waals surface area contributed by atoms with Crippen LogP contribution in [0, 0.1) is 0 Å². The number of nitrogens with one attached hydrogen (secondary N) is 1. The number of rotatable bonds is 8. The fraction of sp³-hybridized carbons (Fsp3) is 0.304. The lowest BCUT2D eigenvalue weighted by atomic mass is 10.1. The largest absolute Gasteiger partial charge is 0.508 e. The maximum Gasteiger partial charge on any atom is 0.254 e. The Kier molecular flexibility index (Phi) is 7.59. The summed E-state index contributed by atoms with van der Waals surface area (Å²) in [6, 6.07) is 12.7. The van der Waals surface area contributed by atoms with Crippen LogP contribution >= 0.6 is 0 Å². The number of phenols is 2. The predicted molar refractivity (Wildman–Crippen MR) is 118 cm³/mol. The number of hydrazone groups is 1. The number of benzene rings is 2. The van der Waals surface area contributed by atoms with Crippen LogP contribution in [0.3, 0.4) is 0 Å². The van der Waals surface area contributed by atoms with Gasteiger partial charge in [0.25, 0.3) is 5.91 Å². The third-order valence-corrected chi connectivity index (χ3v) is 5.08. The van der Waals surface area contributed by atoms with Crippen LogP contribution in [0.4, 0.5) is 0 Å². The van der Waals surface area contributed by atoms with E-state index in [1.165, 1.54) is 6.21 Å². The number of allylic oxidation sites excluding steroid dienone is 1. The van der Waals surface area contributed by atoms with Crippen LogP contribution in [-0.2, 0) is 17.8 Å². The van der Waals surface area contributed by atoms with Gasteiger partial charge in [0.1, 0.15) is 11.5 Å². The Morgan fingerprint density at radius 1 is 1.07 bits per heavy atom. The van der Waals surface area contributed by atoms with Gasteiger partial charge in [-0.1, -0.05) is 30.3 Å². The van der Waals surface area contributed by atoms with Gasteiger partial charge in [0.05, 0.1) is 12.8 Å². The molecule has 7 nitrogen and oxygen atoms in total. The minimum Gasteiger partial charge on any atom is -0.508 e. The monoisotopic (exact) mass is 408 g/mol. The molecule has 3 rings (SSSR count). The third kappa shape index (κ3) is 6.17. The number of piperazine rings is 1. The van der Waals surface area contributed by atoms with Gasteiger partial charge >= 0.3 is 0 Å². The zero-order chi connectivity index (χ0) is 21.3. The van der Waals surface area contributed by atoms with Crippen molar-refractivity contribution in [1.29, 1.82) is 0 Å². The Morgan fingerprint density at radius 3 is 2.47 bits per heavy atom. The van der Waals surface area contributed by atoms with Gasteiger partial charge in [-0.05, 0) is 35.7 Å². The molecule has 30 heavy (non-hydrogen) atoms. The van der Waals surface area contributed by atoms with Crippen LogP contribution in [0.2, 0.25) is 0 Å². The molecule has 2 aromatic carbocycles. The maximum absolute atomic E-state index is 12.2. The fourth-order valence-corrected chi connectivity index (χ4v) is 3.41. The zero-order valence-electron chi connectivity index (χ0n) is 17.0. The van der Waals surface area contributed by atoms with E-state index in [4.69, 9.17) is 0 Å². The summed E-state index contributed by atoms with van der Waals surface area (Å²) in [6.45, 7) is 8.16. The molecule has 1 saturated heterocycles. The van der Waals surface area contributed by atoms with Crippen molar-refractivity contribution in [3.05, 3.63) is 71.8 Å². The highest BCUT2D eigenvalue weighted by atomic mass is 16.3. The number of nitrogens with zero attached hydrogens (tertiary/aromatic N) is 3. The van der Waals surface area contributed by atoms with Crippen molar-refractivity contribution in [2.75, 3.05) is 32.7 Å². The molecule has 0 atom stereocenters.